The quantitative estimate of drug-likeness (QED) is 0.844. The molecule has 1 aromatic carbocycles. The second-order valence-corrected chi connectivity index (χ2v) is 3.46. The molecule has 0 atom stereocenters. The topological polar surface area (TPSA) is 38.9 Å². The van der Waals surface area contributed by atoms with Gasteiger partial charge in [0.1, 0.15) is 17.5 Å². The molecule has 16 heavy (non-hydrogen) atoms. The van der Waals surface area contributed by atoms with E-state index in [0.29, 0.717) is 11.4 Å². The Morgan fingerprint density at radius 3 is 2.69 bits per heavy atom. The largest absolute Gasteiger partial charge is 0.383 e. The predicted molar refractivity (Wildman–Crippen MR) is 57.8 cm³/mol. The number of anilines is 1. The summed E-state index contributed by atoms with van der Waals surface area (Å²) >= 11 is 0. The molecule has 0 fully saturated rings. The molecule has 0 saturated carbocycles. The van der Waals surface area contributed by atoms with Gasteiger partial charge in [0, 0.05) is 12.6 Å². The molecule has 1 heterocycles. The maximum absolute atomic E-state index is 13.4. The number of hydrogen-bond donors (Lipinski definition) is 1. The molecular formula is C12H10F2N2. The van der Waals surface area contributed by atoms with Crippen molar-refractivity contribution in [2.24, 2.45) is 0 Å². The summed E-state index contributed by atoms with van der Waals surface area (Å²) < 4.78 is 26.3. The number of pyridine rings is 1. The third-order valence-corrected chi connectivity index (χ3v) is 2.31. The summed E-state index contributed by atoms with van der Waals surface area (Å²) in [6.07, 6.45) is 1.80. The van der Waals surface area contributed by atoms with Crippen molar-refractivity contribution in [2.45, 2.75) is 6.42 Å². The van der Waals surface area contributed by atoms with E-state index in [0.717, 1.165) is 12.1 Å². The van der Waals surface area contributed by atoms with Crippen LogP contribution in [0, 0.1) is 11.6 Å². The van der Waals surface area contributed by atoms with Gasteiger partial charge in [-0.1, -0.05) is 6.07 Å². The lowest BCUT2D eigenvalue weighted by Crippen LogP contribution is -2.00. The molecule has 4 heteroatoms. The fourth-order valence-corrected chi connectivity index (χ4v) is 1.48. The van der Waals surface area contributed by atoms with Crippen molar-refractivity contribution in [2.75, 3.05) is 5.73 Å². The second kappa shape index (κ2) is 4.26. The minimum atomic E-state index is -0.459. The number of aromatic nitrogens is 1. The van der Waals surface area contributed by atoms with E-state index in [1.54, 1.807) is 18.3 Å². The zero-order valence-electron chi connectivity index (χ0n) is 8.45. The second-order valence-electron chi connectivity index (χ2n) is 3.46. The standard InChI is InChI=1S/C12H10F2N2/c13-10-3-4-11(14)9(7-10)6-8-2-1-5-16-12(8)15/h1-5,7H,6H2,(H2,15,16). The van der Waals surface area contributed by atoms with Gasteiger partial charge in [0.15, 0.2) is 0 Å². The highest BCUT2D eigenvalue weighted by atomic mass is 19.1. The molecule has 2 rings (SSSR count). The molecule has 0 amide bonds. The monoisotopic (exact) mass is 220 g/mol. The van der Waals surface area contributed by atoms with Crippen LogP contribution in [0.5, 0.6) is 0 Å². The molecule has 0 aliphatic heterocycles. The van der Waals surface area contributed by atoms with Crippen molar-refractivity contribution in [3.05, 3.63) is 59.3 Å². The smallest absolute Gasteiger partial charge is 0.126 e. The Kier molecular flexibility index (Phi) is 2.81. The van der Waals surface area contributed by atoms with Crippen molar-refractivity contribution < 1.29 is 8.78 Å². The lowest BCUT2D eigenvalue weighted by Gasteiger charge is -2.05. The Morgan fingerprint density at radius 1 is 1.12 bits per heavy atom. The zero-order chi connectivity index (χ0) is 11.5. The summed E-state index contributed by atoms with van der Waals surface area (Å²) in [5.41, 5.74) is 6.59. The molecule has 0 radical (unpaired) electrons. The van der Waals surface area contributed by atoms with Crippen LogP contribution in [0.15, 0.2) is 36.5 Å². The van der Waals surface area contributed by atoms with Gasteiger partial charge in [0.2, 0.25) is 0 Å². The number of nitrogens with zero attached hydrogens (tertiary/aromatic N) is 1. The number of nitrogens with two attached hydrogens (primary N) is 1. The summed E-state index contributed by atoms with van der Waals surface area (Å²) in [6.45, 7) is 0. The van der Waals surface area contributed by atoms with Crippen LogP contribution >= 0.6 is 0 Å². The molecule has 0 spiro atoms. The van der Waals surface area contributed by atoms with Gasteiger partial charge < -0.3 is 5.73 Å². The molecule has 0 bridgehead atoms. The summed E-state index contributed by atoms with van der Waals surface area (Å²) in [4.78, 5) is 3.89. The highest BCUT2D eigenvalue weighted by Crippen LogP contribution is 2.17. The number of rotatable bonds is 2. The summed E-state index contributed by atoms with van der Waals surface area (Å²) in [7, 11) is 0. The van der Waals surface area contributed by atoms with Crippen LogP contribution in [0.25, 0.3) is 0 Å². The third-order valence-electron chi connectivity index (χ3n) is 2.31. The van der Waals surface area contributed by atoms with Gasteiger partial charge >= 0.3 is 0 Å². The van der Waals surface area contributed by atoms with E-state index in [1.165, 1.54) is 6.07 Å². The number of nitrogen functional groups attached to an aromatic ring is 1. The van der Waals surface area contributed by atoms with Crippen LogP contribution < -0.4 is 5.73 Å². The first-order chi connectivity index (χ1) is 7.66. The van der Waals surface area contributed by atoms with Gasteiger partial charge in [-0.2, -0.15) is 0 Å². The van der Waals surface area contributed by atoms with E-state index in [-0.39, 0.29) is 12.0 Å². The fourth-order valence-electron chi connectivity index (χ4n) is 1.48. The van der Waals surface area contributed by atoms with Crippen LogP contribution in [-0.4, -0.2) is 4.98 Å². The summed E-state index contributed by atoms with van der Waals surface area (Å²) in [5.74, 6) is -0.560. The van der Waals surface area contributed by atoms with E-state index in [4.69, 9.17) is 5.73 Å². The van der Waals surface area contributed by atoms with Crippen molar-refractivity contribution in [3.8, 4) is 0 Å². The molecular weight excluding hydrogens is 210 g/mol. The minimum absolute atomic E-state index is 0.239. The summed E-state index contributed by atoms with van der Waals surface area (Å²) in [5, 5.41) is 0. The normalized spacial score (nSPS) is 10.4. The third kappa shape index (κ3) is 2.16. The highest BCUT2D eigenvalue weighted by molar-refractivity contribution is 5.42. The van der Waals surface area contributed by atoms with Crippen LogP contribution in [0.2, 0.25) is 0 Å². The van der Waals surface area contributed by atoms with Crippen molar-refractivity contribution in [1.29, 1.82) is 0 Å². The first-order valence-electron chi connectivity index (χ1n) is 4.80. The zero-order valence-corrected chi connectivity index (χ0v) is 8.45. The van der Waals surface area contributed by atoms with Gasteiger partial charge in [0.05, 0.1) is 0 Å². The van der Waals surface area contributed by atoms with E-state index in [1.807, 2.05) is 0 Å². The van der Waals surface area contributed by atoms with Gasteiger partial charge in [-0.25, -0.2) is 13.8 Å². The molecule has 2 N–H and O–H groups in total. The van der Waals surface area contributed by atoms with Crippen LogP contribution in [0.4, 0.5) is 14.6 Å². The van der Waals surface area contributed by atoms with Gasteiger partial charge in [-0.3, -0.25) is 0 Å². The van der Waals surface area contributed by atoms with Gasteiger partial charge in [0.25, 0.3) is 0 Å². The minimum Gasteiger partial charge on any atom is -0.383 e. The Hall–Kier alpha value is -1.97. The van der Waals surface area contributed by atoms with Crippen molar-refractivity contribution in [1.82, 2.24) is 4.98 Å². The van der Waals surface area contributed by atoms with E-state index in [2.05, 4.69) is 4.98 Å². The van der Waals surface area contributed by atoms with Gasteiger partial charge in [-0.15, -0.1) is 0 Å². The van der Waals surface area contributed by atoms with E-state index < -0.39 is 11.6 Å². The molecule has 0 saturated heterocycles. The summed E-state index contributed by atoms with van der Waals surface area (Å²) in [6, 6.07) is 6.82. The predicted octanol–water partition coefficient (Wildman–Crippen LogP) is 2.53. The first kappa shape index (κ1) is 10.5. The molecule has 82 valence electrons. The van der Waals surface area contributed by atoms with Crippen LogP contribution in [-0.2, 0) is 6.42 Å². The maximum atomic E-state index is 13.4. The molecule has 0 unspecified atom stereocenters. The lowest BCUT2D eigenvalue weighted by atomic mass is 10.1. The van der Waals surface area contributed by atoms with E-state index >= 15 is 0 Å². The average Bonchev–Trinajstić information content (AvgIpc) is 2.27. The Balaban J connectivity index is 2.34. The molecule has 2 nitrogen and oxygen atoms in total. The van der Waals surface area contributed by atoms with Crippen molar-refractivity contribution >= 4 is 5.82 Å². The lowest BCUT2D eigenvalue weighted by molar-refractivity contribution is 0.588. The molecule has 0 aliphatic rings. The SMILES string of the molecule is Nc1ncccc1Cc1cc(F)ccc1F. The number of halogens is 2. The van der Waals surface area contributed by atoms with Crippen LogP contribution in [0.3, 0.4) is 0 Å². The Labute approximate surface area is 91.7 Å². The van der Waals surface area contributed by atoms with Gasteiger partial charge in [-0.05, 0) is 35.4 Å². The highest BCUT2D eigenvalue weighted by Gasteiger charge is 2.07. The number of benzene rings is 1. The van der Waals surface area contributed by atoms with Crippen LogP contribution in [0.1, 0.15) is 11.1 Å². The van der Waals surface area contributed by atoms with Crippen molar-refractivity contribution in [3.63, 3.8) is 0 Å². The fraction of sp³-hybridized carbons (Fsp3) is 0.0833. The Bertz CT molecular complexity index is 512. The Morgan fingerprint density at radius 2 is 1.94 bits per heavy atom. The average molecular weight is 220 g/mol. The van der Waals surface area contributed by atoms with E-state index in [9.17, 15) is 8.78 Å². The first-order valence-corrected chi connectivity index (χ1v) is 4.80. The maximum Gasteiger partial charge on any atom is 0.126 e. The molecule has 1 aromatic heterocycles. The molecule has 0 aliphatic carbocycles. The number of hydrogen-bond acceptors (Lipinski definition) is 2. The molecule has 2 aromatic rings.